The zero-order valence-corrected chi connectivity index (χ0v) is 11.8. The van der Waals surface area contributed by atoms with Crippen molar-refractivity contribution in [1.29, 1.82) is 0 Å². The number of aliphatic imine (C=N–C) groups is 2. The maximum atomic E-state index is 12.1. The molecule has 0 bridgehead atoms. The van der Waals surface area contributed by atoms with Crippen LogP contribution in [0.25, 0.3) is 0 Å². The molecule has 2 aliphatic heterocycles. The molecule has 1 N–H and O–H groups in total. The second-order valence-corrected chi connectivity index (χ2v) is 7.38. The number of carbonyl (C=O) groups excluding carboxylic acids is 2. The molecule has 3 aliphatic rings. The smallest absolute Gasteiger partial charge is 0.260 e. The average molecular weight is 307 g/mol. The summed E-state index contributed by atoms with van der Waals surface area (Å²) in [5.74, 6) is -1.12. The molecule has 21 heavy (non-hydrogen) atoms. The zero-order valence-electron chi connectivity index (χ0n) is 11.0. The van der Waals surface area contributed by atoms with Crippen LogP contribution in [0.3, 0.4) is 0 Å². The number of rotatable bonds is 2. The highest BCUT2D eigenvalue weighted by atomic mass is 32.2. The van der Waals surface area contributed by atoms with Crippen LogP contribution < -0.4 is 5.32 Å². The Kier molecular flexibility index (Phi) is 3.32. The highest BCUT2D eigenvalue weighted by molar-refractivity contribution is 7.91. The molecule has 2 atom stereocenters. The van der Waals surface area contributed by atoms with Gasteiger partial charge in [0, 0.05) is 11.6 Å². The van der Waals surface area contributed by atoms with Gasteiger partial charge in [-0.1, -0.05) is 12.2 Å². The van der Waals surface area contributed by atoms with Crippen LogP contribution in [0.15, 0.2) is 33.8 Å². The van der Waals surface area contributed by atoms with E-state index in [0.29, 0.717) is 17.7 Å². The van der Waals surface area contributed by atoms with Gasteiger partial charge in [-0.15, -0.1) is 0 Å². The third-order valence-corrected chi connectivity index (χ3v) is 5.35. The van der Waals surface area contributed by atoms with Crippen LogP contribution in [0.1, 0.15) is 6.42 Å². The van der Waals surface area contributed by atoms with Crippen molar-refractivity contribution in [2.24, 2.45) is 15.9 Å². The van der Waals surface area contributed by atoms with E-state index in [1.165, 1.54) is 12.4 Å². The SMILES string of the molecule is O=C(NC1CCS(=O)(=O)C1)C1=CC2=NC=NC(=O)C2C=C1. The molecule has 110 valence electrons. The minimum absolute atomic E-state index is 0.0234. The summed E-state index contributed by atoms with van der Waals surface area (Å²) in [5.41, 5.74) is 0.832. The second-order valence-electron chi connectivity index (χ2n) is 5.15. The normalized spacial score (nSPS) is 29.6. The van der Waals surface area contributed by atoms with Gasteiger partial charge in [-0.3, -0.25) is 9.59 Å². The number of sulfone groups is 1. The number of allylic oxidation sites excluding steroid dienone is 1. The maximum Gasteiger partial charge on any atom is 0.260 e. The lowest BCUT2D eigenvalue weighted by Gasteiger charge is -2.18. The third kappa shape index (κ3) is 2.85. The van der Waals surface area contributed by atoms with Crippen molar-refractivity contribution in [2.75, 3.05) is 11.5 Å². The van der Waals surface area contributed by atoms with Gasteiger partial charge in [0.25, 0.3) is 11.8 Å². The van der Waals surface area contributed by atoms with Gasteiger partial charge in [-0.2, -0.15) is 0 Å². The second kappa shape index (κ2) is 5.03. The van der Waals surface area contributed by atoms with E-state index in [2.05, 4.69) is 15.3 Å². The summed E-state index contributed by atoms with van der Waals surface area (Å²) >= 11 is 0. The van der Waals surface area contributed by atoms with Crippen molar-refractivity contribution in [3.05, 3.63) is 23.8 Å². The molecule has 0 aromatic heterocycles. The fraction of sp³-hybridized carbons (Fsp3) is 0.385. The Bertz CT molecular complexity index is 731. The molecule has 7 nitrogen and oxygen atoms in total. The molecule has 0 aromatic rings. The summed E-state index contributed by atoms with van der Waals surface area (Å²) in [6, 6.07) is -0.356. The number of hydrogen-bond acceptors (Lipinski definition) is 5. The van der Waals surface area contributed by atoms with E-state index in [1.807, 2.05) is 0 Å². The monoisotopic (exact) mass is 307 g/mol. The number of nitrogens with zero attached hydrogens (tertiary/aromatic N) is 2. The summed E-state index contributed by atoms with van der Waals surface area (Å²) in [7, 11) is -3.04. The third-order valence-electron chi connectivity index (χ3n) is 3.58. The lowest BCUT2D eigenvalue weighted by molar-refractivity contribution is -0.119. The standard InChI is InChI=1S/C13H13N3O4S/c17-12(16-9-3-4-21(19,20)6-9)8-1-2-10-11(5-8)14-7-15-13(10)18/h1-2,5,7,9-10H,3-4,6H2,(H,16,17). The van der Waals surface area contributed by atoms with Crippen LogP contribution in [0.5, 0.6) is 0 Å². The van der Waals surface area contributed by atoms with E-state index in [1.54, 1.807) is 12.2 Å². The van der Waals surface area contributed by atoms with E-state index in [9.17, 15) is 18.0 Å². The van der Waals surface area contributed by atoms with Crippen LogP contribution in [0.4, 0.5) is 0 Å². The highest BCUT2D eigenvalue weighted by Crippen LogP contribution is 2.19. The number of nitrogens with one attached hydrogen (secondary N) is 1. The average Bonchev–Trinajstić information content (AvgIpc) is 2.78. The van der Waals surface area contributed by atoms with Gasteiger partial charge in [-0.25, -0.2) is 18.4 Å². The first kappa shape index (κ1) is 13.9. The lowest BCUT2D eigenvalue weighted by atomic mass is 9.93. The predicted octanol–water partition coefficient (Wildman–Crippen LogP) is -0.588. The van der Waals surface area contributed by atoms with Crippen LogP contribution in [0.2, 0.25) is 0 Å². The number of carbonyl (C=O) groups is 2. The summed E-state index contributed by atoms with van der Waals surface area (Å²) < 4.78 is 22.7. The van der Waals surface area contributed by atoms with E-state index in [4.69, 9.17) is 0 Å². The van der Waals surface area contributed by atoms with Crippen molar-refractivity contribution >= 4 is 33.7 Å². The Morgan fingerprint density at radius 1 is 1.38 bits per heavy atom. The molecule has 0 saturated carbocycles. The van der Waals surface area contributed by atoms with Gasteiger partial charge in [0.2, 0.25) is 0 Å². The van der Waals surface area contributed by atoms with Gasteiger partial charge < -0.3 is 5.32 Å². The van der Waals surface area contributed by atoms with Crippen molar-refractivity contribution < 1.29 is 18.0 Å². The number of amides is 2. The van der Waals surface area contributed by atoms with Crippen LogP contribution in [-0.2, 0) is 19.4 Å². The minimum Gasteiger partial charge on any atom is -0.348 e. The van der Waals surface area contributed by atoms with Crippen molar-refractivity contribution in [2.45, 2.75) is 12.5 Å². The fourth-order valence-corrected chi connectivity index (χ4v) is 4.15. The topological polar surface area (TPSA) is 105 Å². The van der Waals surface area contributed by atoms with Crippen LogP contribution in [-0.4, -0.2) is 49.8 Å². The Labute approximate surface area is 121 Å². The summed E-state index contributed by atoms with van der Waals surface area (Å²) in [6.45, 7) is 0. The maximum absolute atomic E-state index is 12.1. The van der Waals surface area contributed by atoms with E-state index in [-0.39, 0.29) is 29.4 Å². The van der Waals surface area contributed by atoms with Crippen molar-refractivity contribution in [1.82, 2.24) is 5.32 Å². The van der Waals surface area contributed by atoms with E-state index in [0.717, 1.165) is 0 Å². The molecule has 1 aliphatic carbocycles. The number of fused-ring (bicyclic) bond motifs is 1. The molecule has 0 spiro atoms. The van der Waals surface area contributed by atoms with E-state index < -0.39 is 15.8 Å². The quantitative estimate of drug-likeness (QED) is 0.736. The largest absolute Gasteiger partial charge is 0.348 e. The van der Waals surface area contributed by atoms with Gasteiger partial charge >= 0.3 is 0 Å². The Hall–Kier alpha value is -2.09. The van der Waals surface area contributed by atoms with Gasteiger partial charge in [0.15, 0.2) is 9.84 Å². The fourth-order valence-electron chi connectivity index (χ4n) is 2.47. The first-order valence-corrected chi connectivity index (χ1v) is 8.32. The molecule has 0 radical (unpaired) electrons. The zero-order chi connectivity index (χ0) is 15.0. The Morgan fingerprint density at radius 3 is 2.90 bits per heavy atom. The van der Waals surface area contributed by atoms with Crippen molar-refractivity contribution in [3.63, 3.8) is 0 Å². The molecular formula is C13H13N3O4S. The molecule has 0 aromatic carbocycles. The predicted molar refractivity (Wildman–Crippen MR) is 76.8 cm³/mol. The summed E-state index contributed by atoms with van der Waals surface area (Å²) in [4.78, 5) is 31.2. The molecule has 8 heteroatoms. The van der Waals surface area contributed by atoms with Gasteiger partial charge in [-0.05, 0) is 12.5 Å². The summed E-state index contributed by atoms with van der Waals surface area (Å²) in [5, 5.41) is 2.70. The van der Waals surface area contributed by atoms with Crippen molar-refractivity contribution in [3.8, 4) is 0 Å². The lowest BCUT2D eigenvalue weighted by Crippen LogP contribution is -2.37. The molecular weight excluding hydrogens is 294 g/mol. The molecule has 2 unspecified atom stereocenters. The first-order chi connectivity index (χ1) is 9.94. The molecule has 2 heterocycles. The van der Waals surface area contributed by atoms with Gasteiger partial charge in [0.05, 0.1) is 17.2 Å². The van der Waals surface area contributed by atoms with Crippen LogP contribution in [0, 0.1) is 5.92 Å². The Balaban J connectivity index is 1.72. The highest BCUT2D eigenvalue weighted by Gasteiger charge is 2.31. The minimum atomic E-state index is -3.04. The first-order valence-electron chi connectivity index (χ1n) is 6.50. The Morgan fingerprint density at radius 2 is 2.19 bits per heavy atom. The molecule has 1 saturated heterocycles. The van der Waals surface area contributed by atoms with Crippen LogP contribution >= 0.6 is 0 Å². The molecule has 1 fully saturated rings. The van der Waals surface area contributed by atoms with Gasteiger partial charge in [0.1, 0.15) is 12.3 Å². The summed E-state index contributed by atoms with van der Waals surface area (Å²) in [6.07, 6.45) is 6.26. The van der Waals surface area contributed by atoms with E-state index >= 15 is 0 Å². The molecule has 3 rings (SSSR count). The number of hydrogen-bond donors (Lipinski definition) is 1. The molecule has 2 amide bonds.